The highest BCUT2D eigenvalue weighted by molar-refractivity contribution is 5.47. The molecule has 0 amide bonds. The van der Waals surface area contributed by atoms with Crippen LogP contribution in [0.2, 0.25) is 0 Å². The normalized spacial score (nSPS) is 12.2. The Balaban J connectivity index is 2.02. The van der Waals surface area contributed by atoms with Gasteiger partial charge in [-0.05, 0) is 50.6 Å². The molecule has 0 spiro atoms. The maximum absolute atomic E-state index is 10.5. The van der Waals surface area contributed by atoms with Crippen molar-refractivity contribution < 1.29 is 19.3 Å². The molecule has 0 saturated heterocycles. The Kier molecular flexibility index (Phi) is 9.94. The second-order valence-electron chi connectivity index (χ2n) is 8.13. The number of aliphatic hydroxyl groups is 1. The lowest BCUT2D eigenvalue weighted by atomic mass is 10.1. The first kappa shape index (κ1) is 25.7. The number of hydrogen-bond donors (Lipinski definition) is 1. The SMILES string of the molecule is CCCN(Cc1c(CC)nn(-c2ccccc2)c1Oc1ccccc1OC)C[C@@H](O)COCC. The second-order valence-corrected chi connectivity index (χ2v) is 8.13. The maximum atomic E-state index is 10.5. The molecule has 1 aromatic heterocycles. The van der Waals surface area contributed by atoms with Crippen molar-refractivity contribution in [2.75, 3.05) is 33.4 Å². The molecule has 3 rings (SSSR count). The van der Waals surface area contributed by atoms with Crippen LogP contribution in [-0.4, -0.2) is 59.3 Å². The van der Waals surface area contributed by atoms with Crippen LogP contribution in [0.3, 0.4) is 0 Å². The Morgan fingerprint density at radius 1 is 1.00 bits per heavy atom. The molecule has 0 bridgehead atoms. The van der Waals surface area contributed by atoms with E-state index in [4.69, 9.17) is 19.3 Å². The van der Waals surface area contributed by atoms with Crippen LogP contribution in [0.25, 0.3) is 5.69 Å². The molecule has 0 aliphatic carbocycles. The van der Waals surface area contributed by atoms with Gasteiger partial charge in [0.15, 0.2) is 11.5 Å². The Bertz CT molecular complexity index is 1010. The van der Waals surface area contributed by atoms with E-state index < -0.39 is 6.10 Å². The minimum absolute atomic E-state index is 0.325. The third-order valence-corrected chi connectivity index (χ3v) is 5.54. The van der Waals surface area contributed by atoms with Gasteiger partial charge in [0.2, 0.25) is 5.88 Å². The highest BCUT2D eigenvalue weighted by Crippen LogP contribution is 2.36. The molecule has 1 N–H and O–H groups in total. The van der Waals surface area contributed by atoms with Gasteiger partial charge in [0.25, 0.3) is 0 Å². The molecule has 0 saturated carbocycles. The number of aromatic nitrogens is 2. The predicted octanol–water partition coefficient (Wildman–Crippen LogP) is 4.85. The molecule has 2 aromatic carbocycles. The monoisotopic (exact) mass is 467 g/mol. The first-order valence-corrected chi connectivity index (χ1v) is 12.1. The molecule has 0 aliphatic heterocycles. The van der Waals surface area contributed by atoms with E-state index in [1.165, 1.54) is 0 Å². The topological polar surface area (TPSA) is 69.0 Å². The van der Waals surface area contributed by atoms with Gasteiger partial charge >= 0.3 is 0 Å². The minimum atomic E-state index is -0.556. The van der Waals surface area contributed by atoms with E-state index in [-0.39, 0.29) is 0 Å². The highest BCUT2D eigenvalue weighted by atomic mass is 16.5. The molecule has 1 heterocycles. The smallest absolute Gasteiger partial charge is 0.227 e. The van der Waals surface area contributed by atoms with Gasteiger partial charge in [-0.2, -0.15) is 5.10 Å². The summed E-state index contributed by atoms with van der Waals surface area (Å²) in [6.45, 7) is 9.06. The van der Waals surface area contributed by atoms with Crippen LogP contribution in [-0.2, 0) is 17.7 Å². The molecule has 0 radical (unpaired) electrons. The van der Waals surface area contributed by atoms with E-state index in [9.17, 15) is 5.11 Å². The van der Waals surface area contributed by atoms with Crippen LogP contribution < -0.4 is 9.47 Å². The lowest BCUT2D eigenvalue weighted by molar-refractivity contribution is 0.0194. The zero-order valence-electron chi connectivity index (χ0n) is 20.7. The van der Waals surface area contributed by atoms with Crippen LogP contribution in [0.1, 0.15) is 38.4 Å². The molecule has 3 aromatic rings. The molecular formula is C27H37N3O4. The van der Waals surface area contributed by atoms with Crippen molar-refractivity contribution in [1.82, 2.24) is 14.7 Å². The fourth-order valence-electron chi connectivity index (χ4n) is 3.96. The zero-order valence-corrected chi connectivity index (χ0v) is 20.7. The molecule has 7 nitrogen and oxygen atoms in total. The summed E-state index contributed by atoms with van der Waals surface area (Å²) in [7, 11) is 1.64. The Labute approximate surface area is 202 Å². The largest absolute Gasteiger partial charge is 0.493 e. The molecule has 0 fully saturated rings. The van der Waals surface area contributed by atoms with Crippen LogP contribution in [0.15, 0.2) is 54.6 Å². The van der Waals surface area contributed by atoms with Crippen molar-refractivity contribution in [3.63, 3.8) is 0 Å². The van der Waals surface area contributed by atoms with E-state index in [1.54, 1.807) is 7.11 Å². The van der Waals surface area contributed by atoms with Crippen LogP contribution in [0.5, 0.6) is 17.4 Å². The first-order chi connectivity index (χ1) is 16.6. The Morgan fingerprint density at radius 2 is 1.71 bits per heavy atom. The summed E-state index contributed by atoms with van der Waals surface area (Å²) in [6, 6.07) is 17.6. The molecular weight excluding hydrogens is 430 g/mol. The molecule has 34 heavy (non-hydrogen) atoms. The molecule has 0 unspecified atom stereocenters. The second kappa shape index (κ2) is 13.1. The van der Waals surface area contributed by atoms with Crippen molar-refractivity contribution in [1.29, 1.82) is 0 Å². The fraction of sp³-hybridized carbons (Fsp3) is 0.444. The summed E-state index contributed by atoms with van der Waals surface area (Å²) in [5, 5.41) is 15.4. The quantitative estimate of drug-likeness (QED) is 0.366. The third-order valence-electron chi connectivity index (χ3n) is 5.54. The molecule has 184 valence electrons. The van der Waals surface area contributed by atoms with Crippen molar-refractivity contribution in [3.8, 4) is 23.1 Å². The summed E-state index contributed by atoms with van der Waals surface area (Å²) in [4.78, 5) is 2.24. The lowest BCUT2D eigenvalue weighted by Crippen LogP contribution is -2.35. The van der Waals surface area contributed by atoms with Gasteiger partial charge < -0.3 is 19.3 Å². The molecule has 0 aliphatic rings. The minimum Gasteiger partial charge on any atom is -0.493 e. The maximum Gasteiger partial charge on any atom is 0.227 e. The van der Waals surface area contributed by atoms with Gasteiger partial charge in [-0.15, -0.1) is 0 Å². The van der Waals surface area contributed by atoms with E-state index in [1.807, 2.05) is 66.2 Å². The number of methoxy groups -OCH3 is 1. The van der Waals surface area contributed by atoms with Crippen LogP contribution >= 0.6 is 0 Å². The van der Waals surface area contributed by atoms with Crippen molar-refractivity contribution in [3.05, 3.63) is 65.9 Å². The van der Waals surface area contributed by atoms with E-state index in [0.717, 1.165) is 36.3 Å². The Hall–Kier alpha value is -2.87. The van der Waals surface area contributed by atoms with Crippen LogP contribution in [0.4, 0.5) is 0 Å². The average Bonchev–Trinajstić information content (AvgIpc) is 3.20. The molecule has 1 atom stereocenters. The third kappa shape index (κ3) is 6.59. The number of ether oxygens (including phenoxy) is 3. The van der Waals surface area contributed by atoms with E-state index in [0.29, 0.717) is 43.7 Å². The van der Waals surface area contributed by atoms with Gasteiger partial charge in [-0.3, -0.25) is 4.90 Å². The highest BCUT2D eigenvalue weighted by Gasteiger charge is 2.24. The predicted molar refractivity (Wildman–Crippen MR) is 134 cm³/mol. The van der Waals surface area contributed by atoms with Gasteiger partial charge in [0.1, 0.15) is 0 Å². The number of aryl methyl sites for hydroxylation is 1. The standard InChI is InChI=1S/C27H37N3O4/c1-5-17-29(18-22(31)20-33-7-3)19-23-24(6-2)28-30(21-13-9-8-10-14-21)27(23)34-26-16-12-11-15-25(26)32-4/h8-16,22,31H,5-7,17-20H2,1-4H3/t22-/m1/s1. The summed E-state index contributed by atoms with van der Waals surface area (Å²) >= 11 is 0. The summed E-state index contributed by atoms with van der Waals surface area (Å²) in [5.74, 6) is 1.95. The van der Waals surface area contributed by atoms with Gasteiger partial charge in [-0.25, -0.2) is 4.68 Å². The lowest BCUT2D eigenvalue weighted by Gasteiger charge is -2.25. The number of hydrogen-bond acceptors (Lipinski definition) is 6. The number of benzene rings is 2. The average molecular weight is 468 g/mol. The molecule has 7 heteroatoms. The summed E-state index contributed by atoms with van der Waals surface area (Å²) in [6.07, 6.45) is 1.18. The van der Waals surface area contributed by atoms with Gasteiger partial charge in [0.05, 0.1) is 36.8 Å². The van der Waals surface area contributed by atoms with Crippen molar-refractivity contribution >= 4 is 0 Å². The van der Waals surface area contributed by atoms with Gasteiger partial charge in [-0.1, -0.05) is 44.2 Å². The first-order valence-electron chi connectivity index (χ1n) is 12.1. The number of rotatable bonds is 14. The number of nitrogens with zero attached hydrogens (tertiary/aromatic N) is 3. The summed E-state index contributed by atoms with van der Waals surface area (Å²) < 4.78 is 19.3. The summed E-state index contributed by atoms with van der Waals surface area (Å²) in [5.41, 5.74) is 2.90. The number of aliphatic hydroxyl groups excluding tert-OH is 1. The number of para-hydroxylation sites is 3. The van der Waals surface area contributed by atoms with Crippen LogP contribution in [0, 0.1) is 0 Å². The van der Waals surface area contributed by atoms with Crippen molar-refractivity contribution in [2.45, 2.75) is 46.3 Å². The van der Waals surface area contributed by atoms with E-state index in [2.05, 4.69) is 18.7 Å². The van der Waals surface area contributed by atoms with Gasteiger partial charge in [0, 0.05) is 19.7 Å². The van der Waals surface area contributed by atoms with Crippen molar-refractivity contribution in [2.24, 2.45) is 0 Å². The Morgan fingerprint density at radius 3 is 2.35 bits per heavy atom. The van der Waals surface area contributed by atoms with E-state index >= 15 is 0 Å². The zero-order chi connectivity index (χ0) is 24.3. The fourth-order valence-corrected chi connectivity index (χ4v) is 3.96.